The highest BCUT2D eigenvalue weighted by Crippen LogP contribution is 1.57. The molecule has 0 fully saturated rings. The highest BCUT2D eigenvalue weighted by atomic mass is 16.5. The largest absolute Gasteiger partial charge is 0.400 e. The van der Waals surface area contributed by atoms with Crippen LogP contribution in [0.2, 0.25) is 0 Å². The molecule has 0 unspecified atom stereocenters. The van der Waals surface area contributed by atoms with Gasteiger partial charge in [-0.1, -0.05) is 152 Å². The van der Waals surface area contributed by atoms with Crippen molar-refractivity contribution in [3.8, 4) is 0 Å². The van der Waals surface area contributed by atoms with E-state index in [0.717, 1.165) is 21.3 Å². The molecule has 0 amide bonds. The first-order valence-corrected chi connectivity index (χ1v) is 12.7. The van der Waals surface area contributed by atoms with Gasteiger partial charge in [0.15, 0.2) is 0 Å². The molecular formula is C33H102O7. The van der Waals surface area contributed by atoms with Gasteiger partial charge in [-0.25, -0.2) is 0 Å². The van der Waals surface area contributed by atoms with E-state index >= 15 is 0 Å². The molecule has 0 saturated carbocycles. The summed E-state index contributed by atoms with van der Waals surface area (Å²) >= 11 is 0. The molecule has 276 valence electrons. The van der Waals surface area contributed by atoms with E-state index in [4.69, 9.17) is 15.3 Å². The SMILES string of the molecule is C.C.C.C.C.CC.CCC.CCC.CCC.CCC.CCC.CO.CO.CO.COC.COC.COC.COC. The molecule has 0 rings (SSSR count). The first-order chi connectivity index (χ1) is 16.7. The van der Waals surface area contributed by atoms with Gasteiger partial charge in [-0.2, -0.15) is 0 Å². The monoisotopic (exact) mass is 611 g/mol. The summed E-state index contributed by atoms with van der Waals surface area (Å²) in [7, 11) is 16.0. The number of rotatable bonds is 0. The van der Waals surface area contributed by atoms with Crippen molar-refractivity contribution in [2.75, 3.05) is 78.2 Å². The number of aliphatic hydroxyl groups is 3. The predicted octanol–water partition coefficient (Wildman–Crippen LogP) is 11.2. The maximum absolute atomic E-state index is 7.00. The highest BCUT2D eigenvalue weighted by Gasteiger charge is 1.37. The molecule has 0 aromatic carbocycles. The van der Waals surface area contributed by atoms with Gasteiger partial charge < -0.3 is 34.3 Å². The van der Waals surface area contributed by atoms with Crippen LogP contribution in [0.25, 0.3) is 0 Å². The lowest BCUT2D eigenvalue weighted by Crippen LogP contribution is -1.55. The second-order valence-corrected chi connectivity index (χ2v) is 5.17. The van der Waals surface area contributed by atoms with E-state index in [-0.39, 0.29) is 37.1 Å². The van der Waals surface area contributed by atoms with Crippen molar-refractivity contribution in [3.05, 3.63) is 0 Å². The van der Waals surface area contributed by atoms with E-state index in [2.05, 4.69) is 88.2 Å². The minimum absolute atomic E-state index is 0. The van der Waals surface area contributed by atoms with Gasteiger partial charge in [-0.15, -0.1) is 0 Å². The molecule has 7 heteroatoms. The summed E-state index contributed by atoms with van der Waals surface area (Å²) in [6.07, 6.45) is 6.25. The van der Waals surface area contributed by atoms with Gasteiger partial charge in [-0.3, -0.25) is 0 Å². The van der Waals surface area contributed by atoms with E-state index in [9.17, 15) is 0 Å². The van der Waals surface area contributed by atoms with Crippen molar-refractivity contribution in [2.45, 2.75) is 152 Å². The molecule has 0 spiro atoms. The maximum Gasteiger partial charge on any atom is 0.0351 e. The van der Waals surface area contributed by atoms with Crippen molar-refractivity contribution in [1.29, 1.82) is 0 Å². The fraction of sp³-hybridized carbons (Fsp3) is 1.00. The Hall–Kier alpha value is -0.280. The zero-order valence-electron chi connectivity index (χ0n) is 29.5. The smallest absolute Gasteiger partial charge is 0.0351 e. The Balaban J connectivity index is -0.00000000814. The maximum atomic E-state index is 7.00. The van der Waals surface area contributed by atoms with Crippen molar-refractivity contribution in [2.24, 2.45) is 0 Å². The zero-order chi connectivity index (χ0) is 32.4. The Kier molecular flexibility index (Phi) is 2290. The number of ether oxygens (including phenoxy) is 4. The normalized spacial score (nSPS) is 4.65. The van der Waals surface area contributed by atoms with Crippen LogP contribution in [0.1, 0.15) is 152 Å². The molecule has 0 bridgehead atoms. The topological polar surface area (TPSA) is 97.6 Å². The summed E-state index contributed by atoms with van der Waals surface area (Å²) in [5, 5.41) is 21.0. The fourth-order valence-electron chi connectivity index (χ4n) is 0. The summed E-state index contributed by atoms with van der Waals surface area (Å²) in [5.41, 5.74) is 0. The summed E-state index contributed by atoms with van der Waals surface area (Å²) in [6.45, 7) is 25.2. The number of methoxy groups -OCH3 is 4. The van der Waals surface area contributed by atoms with Gasteiger partial charge in [0.25, 0.3) is 0 Å². The van der Waals surface area contributed by atoms with Crippen LogP contribution >= 0.6 is 0 Å². The molecule has 0 atom stereocenters. The van der Waals surface area contributed by atoms with E-state index in [1.165, 1.54) is 32.1 Å². The van der Waals surface area contributed by atoms with Gasteiger partial charge in [0.2, 0.25) is 0 Å². The van der Waals surface area contributed by atoms with Crippen LogP contribution in [-0.4, -0.2) is 93.5 Å². The lowest BCUT2D eigenvalue weighted by atomic mass is 10.6. The summed E-state index contributed by atoms with van der Waals surface area (Å²) < 4.78 is 17.0. The Labute approximate surface area is 264 Å². The van der Waals surface area contributed by atoms with Gasteiger partial charge in [0.05, 0.1) is 0 Å². The minimum Gasteiger partial charge on any atom is -0.400 e. The second-order valence-electron chi connectivity index (χ2n) is 5.17. The first-order valence-electron chi connectivity index (χ1n) is 12.7. The van der Waals surface area contributed by atoms with Crippen molar-refractivity contribution in [3.63, 3.8) is 0 Å². The summed E-state index contributed by atoms with van der Waals surface area (Å²) in [4.78, 5) is 0. The van der Waals surface area contributed by atoms with Crippen LogP contribution in [0.5, 0.6) is 0 Å². The van der Waals surface area contributed by atoms with E-state index in [1.54, 1.807) is 56.9 Å². The molecule has 7 nitrogen and oxygen atoms in total. The first kappa shape index (κ1) is 126. The fourth-order valence-corrected chi connectivity index (χ4v) is 0. The molecule has 0 aliphatic rings. The van der Waals surface area contributed by atoms with Crippen LogP contribution in [-0.2, 0) is 18.9 Å². The number of hydrogen-bond donors (Lipinski definition) is 3. The standard InChI is InChI=1S/5C3H8.4C2H6O.C2H6.3CH4O.5CH4/c9*1-3-2;4*1-2;;;;;/h5*3H2,1-2H3;4*1-2H3;1-2H3;3*2H,1H3;5*1H4. The minimum atomic E-state index is 0. The third kappa shape index (κ3) is 649000. The van der Waals surface area contributed by atoms with Gasteiger partial charge in [-0.05, 0) is 0 Å². The van der Waals surface area contributed by atoms with Gasteiger partial charge in [0.1, 0.15) is 0 Å². The Morgan fingerprint density at radius 1 is 0.275 bits per heavy atom. The van der Waals surface area contributed by atoms with Gasteiger partial charge >= 0.3 is 0 Å². The van der Waals surface area contributed by atoms with Crippen LogP contribution in [0.3, 0.4) is 0 Å². The highest BCUT2D eigenvalue weighted by molar-refractivity contribution is 3.93. The van der Waals surface area contributed by atoms with Crippen molar-refractivity contribution < 1.29 is 34.3 Å². The molecular weight excluding hydrogens is 508 g/mol. The van der Waals surface area contributed by atoms with Crippen molar-refractivity contribution >= 4 is 0 Å². The molecule has 3 N–H and O–H groups in total. The Morgan fingerprint density at radius 3 is 0.275 bits per heavy atom. The molecule has 0 radical (unpaired) electrons. The lowest BCUT2D eigenvalue weighted by Gasteiger charge is -1.61. The van der Waals surface area contributed by atoms with Gasteiger partial charge in [0, 0.05) is 78.2 Å². The third-order valence-electron chi connectivity index (χ3n) is 0. The average Bonchev–Trinajstić information content (AvgIpc) is 2.84. The third-order valence-corrected chi connectivity index (χ3v) is 0. The Bertz CT molecular complexity index is 55.3. The number of hydrogen-bond acceptors (Lipinski definition) is 7. The summed E-state index contributed by atoms with van der Waals surface area (Å²) in [6, 6.07) is 0. The molecule has 0 aliphatic carbocycles. The van der Waals surface area contributed by atoms with Crippen LogP contribution in [0, 0.1) is 0 Å². The molecule has 0 heterocycles. The lowest BCUT2D eigenvalue weighted by molar-refractivity contribution is 0.277. The summed E-state index contributed by atoms with van der Waals surface area (Å²) in [5.74, 6) is 0. The average molecular weight is 611 g/mol. The molecule has 0 aromatic rings. The predicted molar refractivity (Wildman–Crippen MR) is 201 cm³/mol. The van der Waals surface area contributed by atoms with E-state index in [0.29, 0.717) is 0 Å². The van der Waals surface area contributed by atoms with Crippen LogP contribution in [0.4, 0.5) is 0 Å². The molecule has 40 heavy (non-hydrogen) atoms. The zero-order valence-corrected chi connectivity index (χ0v) is 29.5. The Morgan fingerprint density at radius 2 is 0.275 bits per heavy atom. The quantitative estimate of drug-likeness (QED) is 0.251. The van der Waals surface area contributed by atoms with Crippen molar-refractivity contribution in [1.82, 2.24) is 0 Å². The van der Waals surface area contributed by atoms with E-state index in [1.807, 2.05) is 13.8 Å². The second kappa shape index (κ2) is 725. The van der Waals surface area contributed by atoms with E-state index < -0.39 is 0 Å². The molecule has 0 aromatic heterocycles. The van der Waals surface area contributed by atoms with Crippen LogP contribution in [0.15, 0.2) is 0 Å². The molecule has 0 saturated heterocycles. The van der Waals surface area contributed by atoms with Crippen LogP contribution < -0.4 is 0 Å². The number of aliphatic hydroxyl groups excluding tert-OH is 3. The molecule has 0 aliphatic heterocycles.